The highest BCUT2D eigenvalue weighted by molar-refractivity contribution is 7.90. The number of H-pyrrole nitrogens is 1. The van der Waals surface area contributed by atoms with Gasteiger partial charge in [-0.05, 0) is 63.1 Å². The summed E-state index contributed by atoms with van der Waals surface area (Å²) in [6.45, 7) is 7.66. The fraction of sp³-hybridized carbons (Fsp3) is 0.259. The lowest BCUT2D eigenvalue weighted by Crippen LogP contribution is -2.28. The van der Waals surface area contributed by atoms with Gasteiger partial charge in [-0.3, -0.25) is 9.59 Å². The number of hydrogen-bond acceptors (Lipinski definition) is 4. The first-order chi connectivity index (χ1) is 16.5. The summed E-state index contributed by atoms with van der Waals surface area (Å²) < 4.78 is 26.2. The van der Waals surface area contributed by atoms with E-state index in [-0.39, 0.29) is 28.9 Å². The van der Waals surface area contributed by atoms with Crippen molar-refractivity contribution in [2.75, 3.05) is 6.26 Å². The van der Waals surface area contributed by atoms with Crippen molar-refractivity contribution in [2.45, 2.75) is 45.2 Å². The number of fused-ring (bicyclic) bond motifs is 1. The van der Waals surface area contributed by atoms with Gasteiger partial charge in [-0.1, -0.05) is 30.3 Å². The van der Waals surface area contributed by atoms with E-state index < -0.39 is 9.84 Å². The Morgan fingerprint density at radius 3 is 2.46 bits per heavy atom. The van der Waals surface area contributed by atoms with E-state index in [4.69, 9.17) is 0 Å². The summed E-state index contributed by atoms with van der Waals surface area (Å²) in [5, 5.41) is 3.71. The maximum atomic E-state index is 13.4. The Morgan fingerprint density at radius 2 is 1.77 bits per heavy atom. The number of hydrogen-bond donors (Lipinski definition) is 2. The molecule has 4 aromatic rings. The molecule has 0 spiro atoms. The number of sulfone groups is 1. The third kappa shape index (κ3) is 4.66. The van der Waals surface area contributed by atoms with Crippen LogP contribution in [0.2, 0.25) is 0 Å². The second-order valence-electron chi connectivity index (χ2n) is 8.99. The maximum absolute atomic E-state index is 13.4. The zero-order chi connectivity index (χ0) is 25.5. The van der Waals surface area contributed by atoms with Gasteiger partial charge in [0, 0.05) is 40.7 Å². The van der Waals surface area contributed by atoms with Crippen LogP contribution in [-0.4, -0.2) is 30.1 Å². The van der Waals surface area contributed by atoms with Crippen LogP contribution in [0.15, 0.2) is 64.3 Å². The Labute approximate surface area is 204 Å². The Hall–Kier alpha value is -3.65. The predicted octanol–water partition coefficient (Wildman–Crippen LogP) is 4.20. The summed E-state index contributed by atoms with van der Waals surface area (Å²) >= 11 is 0. The molecule has 0 fully saturated rings. The molecular formula is C27H29N3O4S. The van der Waals surface area contributed by atoms with Crippen molar-refractivity contribution < 1.29 is 13.2 Å². The van der Waals surface area contributed by atoms with Gasteiger partial charge in [-0.15, -0.1) is 0 Å². The van der Waals surface area contributed by atoms with Crippen LogP contribution in [0.4, 0.5) is 0 Å². The molecule has 7 nitrogen and oxygen atoms in total. The Morgan fingerprint density at radius 1 is 1.06 bits per heavy atom. The van der Waals surface area contributed by atoms with E-state index in [2.05, 4.69) is 14.9 Å². The SMILES string of the molecule is Cc1cc(C)c(CNC(=O)c2c(C)n(C(C)c3cccc(S(C)(=O)=O)c3)c3ccccc23)c(=O)[nH]1. The average molecular weight is 492 g/mol. The molecule has 2 heterocycles. The largest absolute Gasteiger partial charge is 0.348 e. The molecule has 0 saturated heterocycles. The number of para-hydroxylation sites is 1. The predicted molar refractivity (Wildman–Crippen MR) is 138 cm³/mol. The molecule has 4 rings (SSSR count). The van der Waals surface area contributed by atoms with Crippen LogP contribution in [0.25, 0.3) is 10.9 Å². The molecule has 8 heteroatoms. The van der Waals surface area contributed by atoms with Crippen molar-refractivity contribution in [1.29, 1.82) is 0 Å². The average Bonchev–Trinajstić information content (AvgIpc) is 3.09. The number of aromatic nitrogens is 2. The van der Waals surface area contributed by atoms with Gasteiger partial charge < -0.3 is 14.9 Å². The standard InChI is InChI=1S/C27H29N3O4S/c1-16-13-17(2)29-26(31)23(16)15-28-27(32)25-19(4)30(24-12-7-6-11-22(24)25)18(3)20-9-8-10-21(14-20)35(5,33)34/h6-14,18H,15H2,1-5H3,(H,28,32)(H,29,31). The first-order valence-corrected chi connectivity index (χ1v) is 13.2. The van der Waals surface area contributed by atoms with Crippen LogP contribution in [0, 0.1) is 20.8 Å². The highest BCUT2D eigenvalue weighted by Crippen LogP contribution is 2.32. The quantitative estimate of drug-likeness (QED) is 0.422. The Balaban J connectivity index is 1.75. The van der Waals surface area contributed by atoms with Crippen LogP contribution in [0.1, 0.15) is 51.4 Å². The second kappa shape index (κ2) is 9.19. The Kier molecular flexibility index (Phi) is 6.42. The lowest BCUT2D eigenvalue weighted by atomic mass is 10.1. The van der Waals surface area contributed by atoms with Crippen molar-refractivity contribution in [2.24, 2.45) is 0 Å². The third-order valence-electron chi connectivity index (χ3n) is 6.46. The van der Waals surface area contributed by atoms with E-state index in [1.165, 1.54) is 6.26 Å². The van der Waals surface area contributed by atoms with Gasteiger partial charge in [0.15, 0.2) is 9.84 Å². The summed E-state index contributed by atoms with van der Waals surface area (Å²) in [5.74, 6) is -0.270. The van der Waals surface area contributed by atoms with Crippen molar-refractivity contribution >= 4 is 26.6 Å². The summed E-state index contributed by atoms with van der Waals surface area (Å²) in [6.07, 6.45) is 1.19. The van der Waals surface area contributed by atoms with E-state index in [1.807, 2.05) is 64.1 Å². The lowest BCUT2D eigenvalue weighted by molar-refractivity contribution is 0.0951. The molecule has 0 aliphatic carbocycles. The molecule has 0 saturated carbocycles. The zero-order valence-electron chi connectivity index (χ0n) is 20.5. The van der Waals surface area contributed by atoms with E-state index in [0.717, 1.165) is 33.4 Å². The number of aryl methyl sites for hydroxylation is 2. The van der Waals surface area contributed by atoms with Crippen molar-refractivity contribution in [3.63, 3.8) is 0 Å². The van der Waals surface area contributed by atoms with Crippen molar-refractivity contribution in [1.82, 2.24) is 14.9 Å². The van der Waals surface area contributed by atoms with E-state index in [0.29, 0.717) is 11.1 Å². The van der Waals surface area contributed by atoms with Crippen molar-refractivity contribution in [3.05, 3.63) is 98.6 Å². The minimum atomic E-state index is -3.35. The minimum Gasteiger partial charge on any atom is -0.348 e. The second-order valence-corrected chi connectivity index (χ2v) is 11.0. The lowest BCUT2D eigenvalue weighted by Gasteiger charge is -2.19. The van der Waals surface area contributed by atoms with Gasteiger partial charge in [-0.25, -0.2) is 8.42 Å². The number of carbonyl (C=O) groups is 1. The Bertz CT molecular complexity index is 1610. The fourth-order valence-electron chi connectivity index (χ4n) is 4.69. The number of benzene rings is 2. The topological polar surface area (TPSA) is 101 Å². The normalized spacial score (nSPS) is 12.6. The first kappa shape index (κ1) is 24.5. The van der Waals surface area contributed by atoms with Crippen LogP contribution < -0.4 is 10.9 Å². The number of pyridine rings is 1. The molecule has 182 valence electrons. The molecule has 2 aromatic carbocycles. The molecule has 1 unspecified atom stereocenters. The summed E-state index contributed by atoms with van der Waals surface area (Å²) in [5.41, 5.74) is 4.91. The number of amides is 1. The molecule has 0 aliphatic heterocycles. The highest BCUT2D eigenvalue weighted by atomic mass is 32.2. The first-order valence-electron chi connectivity index (χ1n) is 11.4. The highest BCUT2D eigenvalue weighted by Gasteiger charge is 2.24. The molecular weight excluding hydrogens is 462 g/mol. The number of carbonyl (C=O) groups excluding carboxylic acids is 1. The van der Waals surface area contributed by atoms with E-state index in [9.17, 15) is 18.0 Å². The molecule has 1 atom stereocenters. The third-order valence-corrected chi connectivity index (χ3v) is 7.57. The molecule has 1 amide bonds. The van der Waals surface area contributed by atoms with Gasteiger partial charge in [-0.2, -0.15) is 0 Å². The van der Waals surface area contributed by atoms with Crippen LogP contribution in [0.5, 0.6) is 0 Å². The van der Waals surface area contributed by atoms with Gasteiger partial charge in [0.1, 0.15) is 0 Å². The molecule has 0 aliphatic rings. The van der Waals surface area contributed by atoms with E-state index >= 15 is 0 Å². The van der Waals surface area contributed by atoms with Crippen molar-refractivity contribution in [3.8, 4) is 0 Å². The molecule has 0 radical (unpaired) electrons. The summed E-state index contributed by atoms with van der Waals surface area (Å²) in [7, 11) is -3.35. The van der Waals surface area contributed by atoms with Gasteiger partial charge in [0.2, 0.25) is 0 Å². The smallest absolute Gasteiger partial charge is 0.254 e. The molecule has 2 aromatic heterocycles. The number of aromatic amines is 1. The van der Waals surface area contributed by atoms with E-state index in [1.54, 1.807) is 18.2 Å². The van der Waals surface area contributed by atoms with Gasteiger partial charge in [0.25, 0.3) is 11.5 Å². The van der Waals surface area contributed by atoms with Crippen LogP contribution in [-0.2, 0) is 16.4 Å². The number of nitrogens with one attached hydrogen (secondary N) is 2. The monoisotopic (exact) mass is 491 g/mol. The number of rotatable bonds is 6. The zero-order valence-corrected chi connectivity index (χ0v) is 21.3. The van der Waals surface area contributed by atoms with Crippen LogP contribution in [0.3, 0.4) is 0 Å². The molecule has 0 bridgehead atoms. The summed E-state index contributed by atoms with van der Waals surface area (Å²) in [4.78, 5) is 28.8. The van der Waals surface area contributed by atoms with Gasteiger partial charge in [0.05, 0.1) is 16.5 Å². The number of nitrogens with zero attached hydrogens (tertiary/aromatic N) is 1. The molecule has 2 N–H and O–H groups in total. The molecule has 35 heavy (non-hydrogen) atoms. The maximum Gasteiger partial charge on any atom is 0.254 e. The van der Waals surface area contributed by atoms with Gasteiger partial charge >= 0.3 is 0 Å². The summed E-state index contributed by atoms with van der Waals surface area (Å²) in [6, 6.07) is 16.2. The fourth-order valence-corrected chi connectivity index (χ4v) is 5.37. The van der Waals surface area contributed by atoms with Crippen LogP contribution >= 0.6 is 0 Å². The minimum absolute atomic E-state index is 0.116.